The van der Waals surface area contributed by atoms with E-state index < -0.39 is 6.16 Å². The topological polar surface area (TPSA) is 35.5 Å². The molecule has 12 heavy (non-hydrogen) atoms. The SMILES string of the molecule is C=CC=CCC.O=C1OCCO1. The van der Waals surface area contributed by atoms with Crippen LogP contribution in [0.3, 0.4) is 0 Å². The number of hydrogen-bond acceptors (Lipinski definition) is 3. The van der Waals surface area contributed by atoms with Gasteiger partial charge in [0.25, 0.3) is 0 Å². The van der Waals surface area contributed by atoms with Gasteiger partial charge in [0.05, 0.1) is 0 Å². The van der Waals surface area contributed by atoms with Gasteiger partial charge in [-0.05, 0) is 6.42 Å². The van der Waals surface area contributed by atoms with E-state index in [-0.39, 0.29) is 0 Å². The van der Waals surface area contributed by atoms with Crippen LogP contribution in [0.1, 0.15) is 13.3 Å². The zero-order valence-electron chi connectivity index (χ0n) is 7.29. The van der Waals surface area contributed by atoms with Crippen LogP contribution in [0.5, 0.6) is 0 Å². The Bertz CT molecular complexity index is 153. The van der Waals surface area contributed by atoms with E-state index >= 15 is 0 Å². The Morgan fingerprint density at radius 1 is 1.50 bits per heavy atom. The highest BCUT2D eigenvalue weighted by atomic mass is 16.8. The minimum atomic E-state index is -0.546. The maximum absolute atomic E-state index is 9.80. The van der Waals surface area contributed by atoms with Crippen molar-refractivity contribution in [3.8, 4) is 0 Å². The lowest BCUT2D eigenvalue weighted by atomic mass is 10.4. The van der Waals surface area contributed by atoms with Gasteiger partial charge in [0.1, 0.15) is 13.2 Å². The summed E-state index contributed by atoms with van der Waals surface area (Å²) in [6, 6.07) is 0. The Hall–Kier alpha value is -1.25. The number of carbonyl (C=O) groups excluding carboxylic acids is 1. The molecular formula is C9H14O3. The lowest BCUT2D eigenvalue weighted by molar-refractivity contribution is 0.131. The number of allylic oxidation sites excluding steroid dienone is 3. The maximum atomic E-state index is 9.80. The quantitative estimate of drug-likeness (QED) is 0.471. The number of ether oxygens (including phenoxy) is 2. The molecule has 1 rings (SSSR count). The second-order valence-electron chi connectivity index (χ2n) is 2.02. The first-order valence-corrected chi connectivity index (χ1v) is 3.88. The highest BCUT2D eigenvalue weighted by Crippen LogP contribution is 1.92. The third kappa shape index (κ3) is 6.86. The Kier molecular flexibility index (Phi) is 7.03. The van der Waals surface area contributed by atoms with Gasteiger partial charge in [0.2, 0.25) is 0 Å². The normalized spacial score (nSPS) is 14.6. The molecule has 0 bridgehead atoms. The minimum Gasteiger partial charge on any atom is -0.431 e. The standard InChI is InChI=1S/C6H10.C3H4O3/c1-3-5-6-4-2;4-3-5-1-2-6-3/h3,5-6H,1,4H2,2H3;1-2H2. The van der Waals surface area contributed by atoms with Gasteiger partial charge in [-0.25, -0.2) is 4.79 Å². The highest BCUT2D eigenvalue weighted by molar-refractivity contribution is 5.61. The minimum absolute atomic E-state index is 0.416. The van der Waals surface area contributed by atoms with Crippen molar-refractivity contribution in [2.75, 3.05) is 13.2 Å². The Balaban J connectivity index is 0.000000202. The largest absolute Gasteiger partial charge is 0.508 e. The fourth-order valence-electron chi connectivity index (χ4n) is 0.524. The summed E-state index contributed by atoms with van der Waals surface area (Å²) in [4.78, 5) is 9.80. The van der Waals surface area contributed by atoms with E-state index in [9.17, 15) is 4.79 Å². The molecule has 1 aliphatic rings. The molecule has 0 atom stereocenters. The number of hydrogen-bond donors (Lipinski definition) is 0. The smallest absolute Gasteiger partial charge is 0.431 e. The molecule has 0 spiro atoms. The van der Waals surface area contributed by atoms with Crippen LogP contribution < -0.4 is 0 Å². The van der Waals surface area contributed by atoms with Crippen LogP contribution in [0.2, 0.25) is 0 Å². The first-order valence-electron chi connectivity index (χ1n) is 3.88. The van der Waals surface area contributed by atoms with Gasteiger partial charge in [-0.3, -0.25) is 0 Å². The summed E-state index contributed by atoms with van der Waals surface area (Å²) < 4.78 is 8.58. The summed E-state index contributed by atoms with van der Waals surface area (Å²) in [5, 5.41) is 0. The molecule has 0 aromatic rings. The van der Waals surface area contributed by atoms with Crippen LogP contribution in [-0.2, 0) is 9.47 Å². The Morgan fingerprint density at radius 2 is 2.08 bits per heavy atom. The molecule has 68 valence electrons. The molecule has 1 fully saturated rings. The third-order valence-corrected chi connectivity index (χ3v) is 1.03. The maximum Gasteiger partial charge on any atom is 0.508 e. The molecule has 0 saturated carbocycles. The van der Waals surface area contributed by atoms with E-state index in [0.29, 0.717) is 13.2 Å². The van der Waals surface area contributed by atoms with Crippen molar-refractivity contribution in [1.82, 2.24) is 0 Å². The van der Waals surface area contributed by atoms with Crippen LogP contribution in [0.25, 0.3) is 0 Å². The first-order chi connectivity index (χ1) is 5.81. The molecule has 0 N–H and O–H groups in total. The van der Waals surface area contributed by atoms with Crippen LogP contribution >= 0.6 is 0 Å². The van der Waals surface area contributed by atoms with Crippen molar-refractivity contribution in [1.29, 1.82) is 0 Å². The molecule has 0 amide bonds. The van der Waals surface area contributed by atoms with Crippen molar-refractivity contribution >= 4 is 6.16 Å². The predicted molar refractivity (Wildman–Crippen MR) is 46.9 cm³/mol. The summed E-state index contributed by atoms with van der Waals surface area (Å²) in [6.07, 6.45) is 6.35. The van der Waals surface area contributed by atoms with Crippen LogP contribution in [0.4, 0.5) is 4.79 Å². The molecule has 3 heteroatoms. The molecule has 3 nitrogen and oxygen atoms in total. The van der Waals surface area contributed by atoms with E-state index in [2.05, 4.69) is 29.1 Å². The molecule has 0 unspecified atom stereocenters. The Morgan fingerprint density at radius 3 is 2.25 bits per heavy atom. The second kappa shape index (κ2) is 7.85. The highest BCUT2D eigenvalue weighted by Gasteiger charge is 2.09. The molecule has 1 saturated heterocycles. The van der Waals surface area contributed by atoms with E-state index in [4.69, 9.17) is 0 Å². The summed E-state index contributed by atoms with van der Waals surface area (Å²) in [5.74, 6) is 0. The molecule has 0 aliphatic carbocycles. The van der Waals surface area contributed by atoms with Crippen molar-refractivity contribution < 1.29 is 14.3 Å². The molecule has 0 aromatic heterocycles. The van der Waals surface area contributed by atoms with Crippen LogP contribution in [0, 0.1) is 0 Å². The first kappa shape index (κ1) is 10.8. The van der Waals surface area contributed by atoms with Gasteiger partial charge in [0, 0.05) is 0 Å². The number of carbonyl (C=O) groups is 1. The summed E-state index contributed by atoms with van der Waals surface area (Å²) in [5.41, 5.74) is 0. The van der Waals surface area contributed by atoms with Crippen molar-refractivity contribution in [3.05, 3.63) is 24.8 Å². The summed E-state index contributed by atoms with van der Waals surface area (Å²) in [6.45, 7) is 6.44. The van der Waals surface area contributed by atoms with Gasteiger partial charge < -0.3 is 9.47 Å². The molecule has 0 aromatic carbocycles. The predicted octanol–water partition coefficient (Wildman–Crippen LogP) is 2.29. The lowest BCUT2D eigenvalue weighted by Crippen LogP contribution is -1.88. The third-order valence-electron chi connectivity index (χ3n) is 1.03. The van der Waals surface area contributed by atoms with E-state index in [1.807, 2.05) is 6.08 Å². The zero-order valence-corrected chi connectivity index (χ0v) is 7.29. The van der Waals surface area contributed by atoms with Gasteiger partial charge in [-0.15, -0.1) is 0 Å². The van der Waals surface area contributed by atoms with Crippen LogP contribution in [0.15, 0.2) is 24.8 Å². The molecular weight excluding hydrogens is 156 g/mol. The zero-order chi connectivity index (χ0) is 9.23. The lowest BCUT2D eigenvalue weighted by Gasteiger charge is -1.78. The summed E-state index contributed by atoms with van der Waals surface area (Å²) >= 11 is 0. The van der Waals surface area contributed by atoms with Crippen molar-refractivity contribution in [2.45, 2.75) is 13.3 Å². The van der Waals surface area contributed by atoms with Gasteiger partial charge >= 0.3 is 6.16 Å². The van der Waals surface area contributed by atoms with Crippen molar-refractivity contribution in [3.63, 3.8) is 0 Å². The number of cyclic esters (lactones) is 2. The average molecular weight is 170 g/mol. The van der Waals surface area contributed by atoms with E-state index in [0.717, 1.165) is 6.42 Å². The fraction of sp³-hybridized carbons (Fsp3) is 0.444. The van der Waals surface area contributed by atoms with Crippen molar-refractivity contribution in [2.24, 2.45) is 0 Å². The van der Waals surface area contributed by atoms with Gasteiger partial charge in [0.15, 0.2) is 0 Å². The average Bonchev–Trinajstić information content (AvgIpc) is 2.53. The molecule has 1 aliphatic heterocycles. The van der Waals surface area contributed by atoms with Gasteiger partial charge in [-0.1, -0.05) is 31.7 Å². The summed E-state index contributed by atoms with van der Waals surface area (Å²) in [7, 11) is 0. The molecule has 1 heterocycles. The fourth-order valence-corrected chi connectivity index (χ4v) is 0.524. The van der Waals surface area contributed by atoms with E-state index in [1.54, 1.807) is 6.08 Å². The Labute approximate surface area is 72.7 Å². The van der Waals surface area contributed by atoms with Crippen LogP contribution in [-0.4, -0.2) is 19.4 Å². The van der Waals surface area contributed by atoms with Gasteiger partial charge in [-0.2, -0.15) is 0 Å². The number of rotatable bonds is 2. The second-order valence-corrected chi connectivity index (χ2v) is 2.02. The monoisotopic (exact) mass is 170 g/mol. The molecule has 0 radical (unpaired) electrons. The van der Waals surface area contributed by atoms with E-state index in [1.165, 1.54) is 0 Å².